The Labute approximate surface area is 151 Å². The van der Waals surface area contributed by atoms with Gasteiger partial charge in [0.05, 0.1) is 17.3 Å². The summed E-state index contributed by atoms with van der Waals surface area (Å²) in [7, 11) is 0. The molecule has 2 heterocycles. The fourth-order valence-electron chi connectivity index (χ4n) is 3.01. The van der Waals surface area contributed by atoms with E-state index in [-0.39, 0.29) is 24.8 Å². The van der Waals surface area contributed by atoms with Crippen molar-refractivity contribution in [1.29, 1.82) is 0 Å². The highest BCUT2D eigenvalue weighted by atomic mass is 35.5. The van der Waals surface area contributed by atoms with E-state index in [1.165, 1.54) is 16.7 Å². The Morgan fingerprint density at radius 2 is 1.87 bits per heavy atom. The molecule has 1 N–H and O–H groups in total. The number of para-hydroxylation sites is 1. The molecule has 3 rings (SSSR count). The lowest BCUT2D eigenvalue weighted by Crippen LogP contribution is -2.45. The molecule has 0 bridgehead atoms. The van der Waals surface area contributed by atoms with Gasteiger partial charge < -0.3 is 5.32 Å². The fourth-order valence-corrected chi connectivity index (χ4v) is 3.01. The lowest BCUT2D eigenvalue weighted by Gasteiger charge is -2.35. The van der Waals surface area contributed by atoms with Gasteiger partial charge in [-0.25, -0.2) is 0 Å². The third kappa shape index (κ3) is 4.92. The average molecular weight is 354 g/mol. The molecule has 1 aromatic carbocycles. The van der Waals surface area contributed by atoms with Gasteiger partial charge in [-0.3, -0.25) is 9.88 Å². The summed E-state index contributed by atoms with van der Waals surface area (Å²) in [6.45, 7) is 10.5. The normalized spacial score (nSPS) is 16.2. The molecule has 126 valence electrons. The van der Waals surface area contributed by atoms with Crippen molar-refractivity contribution >= 4 is 35.7 Å². The van der Waals surface area contributed by atoms with E-state index < -0.39 is 0 Å². The molecule has 0 amide bonds. The van der Waals surface area contributed by atoms with E-state index in [2.05, 4.69) is 60.1 Å². The molecule has 23 heavy (non-hydrogen) atoms. The number of rotatable bonds is 4. The maximum atomic E-state index is 4.90. The first-order chi connectivity index (χ1) is 10.2. The van der Waals surface area contributed by atoms with E-state index >= 15 is 0 Å². The molecular weight excluding hydrogens is 329 g/mol. The summed E-state index contributed by atoms with van der Waals surface area (Å²) in [5, 5.41) is 4.62. The zero-order valence-corrected chi connectivity index (χ0v) is 15.1. The molecule has 1 atom stereocenters. The van der Waals surface area contributed by atoms with Crippen molar-refractivity contribution in [3.05, 3.63) is 54.2 Å². The molecule has 0 aliphatic carbocycles. The predicted octanol–water partition coefficient (Wildman–Crippen LogP) is 3.99. The van der Waals surface area contributed by atoms with Crippen LogP contribution >= 0.6 is 24.8 Å². The standard InChI is InChI=1S/C18H23N3.2ClH/c1-14(2)13-18(21-11-9-19-10-12-21)17-8-7-15-5-3-4-6-16(15)20-17;;/h3-8,18-19H,1,9-13H2,2H3;2*1H/t18-;;/m0../s1. The minimum atomic E-state index is 0. The Morgan fingerprint density at radius 1 is 1.17 bits per heavy atom. The van der Waals surface area contributed by atoms with E-state index in [1.54, 1.807) is 0 Å². The molecule has 1 saturated heterocycles. The zero-order valence-electron chi connectivity index (χ0n) is 13.5. The van der Waals surface area contributed by atoms with Gasteiger partial charge in [0.2, 0.25) is 0 Å². The van der Waals surface area contributed by atoms with Crippen LogP contribution < -0.4 is 5.32 Å². The number of fused-ring (bicyclic) bond motifs is 1. The van der Waals surface area contributed by atoms with Gasteiger partial charge >= 0.3 is 0 Å². The summed E-state index contributed by atoms with van der Waals surface area (Å²) in [6.07, 6.45) is 0.978. The second kappa shape index (κ2) is 9.24. The summed E-state index contributed by atoms with van der Waals surface area (Å²) in [4.78, 5) is 7.43. The number of nitrogens with zero attached hydrogens (tertiary/aromatic N) is 2. The van der Waals surface area contributed by atoms with E-state index in [1.807, 2.05) is 0 Å². The smallest absolute Gasteiger partial charge is 0.0706 e. The highest BCUT2D eigenvalue weighted by Gasteiger charge is 2.23. The fraction of sp³-hybridized carbons (Fsp3) is 0.389. The average Bonchev–Trinajstić information content (AvgIpc) is 2.53. The third-order valence-electron chi connectivity index (χ3n) is 4.10. The second-order valence-electron chi connectivity index (χ2n) is 5.89. The molecule has 3 nitrogen and oxygen atoms in total. The van der Waals surface area contributed by atoms with Gasteiger partial charge in [0.15, 0.2) is 0 Å². The van der Waals surface area contributed by atoms with Crippen LogP contribution in [0, 0.1) is 0 Å². The van der Waals surface area contributed by atoms with Gasteiger partial charge in [-0.15, -0.1) is 31.4 Å². The number of piperazine rings is 1. The monoisotopic (exact) mass is 353 g/mol. The maximum Gasteiger partial charge on any atom is 0.0706 e. The van der Waals surface area contributed by atoms with Crippen LogP contribution in [0.2, 0.25) is 0 Å². The van der Waals surface area contributed by atoms with Gasteiger partial charge in [0.25, 0.3) is 0 Å². The van der Waals surface area contributed by atoms with Crippen molar-refractivity contribution in [3.8, 4) is 0 Å². The van der Waals surface area contributed by atoms with Gasteiger partial charge in [-0.1, -0.05) is 29.8 Å². The molecule has 2 aromatic rings. The number of hydrogen-bond donors (Lipinski definition) is 1. The van der Waals surface area contributed by atoms with Crippen molar-refractivity contribution < 1.29 is 0 Å². The van der Waals surface area contributed by atoms with Gasteiger partial charge in [0, 0.05) is 31.6 Å². The van der Waals surface area contributed by atoms with Crippen LogP contribution in [-0.2, 0) is 0 Å². The topological polar surface area (TPSA) is 28.2 Å². The van der Waals surface area contributed by atoms with Crippen LogP contribution in [-0.4, -0.2) is 36.1 Å². The minimum Gasteiger partial charge on any atom is -0.314 e. The molecule has 0 radical (unpaired) electrons. The Kier molecular flexibility index (Phi) is 8.00. The Hall–Kier alpha value is -1.13. The first-order valence-electron chi connectivity index (χ1n) is 7.69. The lowest BCUT2D eigenvalue weighted by molar-refractivity contribution is 0.169. The van der Waals surface area contributed by atoms with E-state index in [0.717, 1.165) is 38.1 Å². The van der Waals surface area contributed by atoms with Gasteiger partial charge in [-0.05, 0) is 25.5 Å². The number of aromatic nitrogens is 1. The largest absolute Gasteiger partial charge is 0.314 e. The number of nitrogens with one attached hydrogen (secondary N) is 1. The van der Waals surface area contributed by atoms with Crippen LogP contribution in [0.15, 0.2) is 48.6 Å². The van der Waals surface area contributed by atoms with E-state index in [4.69, 9.17) is 4.98 Å². The quantitative estimate of drug-likeness (QED) is 0.842. The Morgan fingerprint density at radius 3 is 2.57 bits per heavy atom. The predicted molar refractivity (Wildman–Crippen MR) is 103 cm³/mol. The lowest BCUT2D eigenvalue weighted by atomic mass is 10.0. The summed E-state index contributed by atoms with van der Waals surface area (Å²) >= 11 is 0. The number of pyridine rings is 1. The van der Waals surface area contributed by atoms with Crippen molar-refractivity contribution in [2.45, 2.75) is 19.4 Å². The summed E-state index contributed by atoms with van der Waals surface area (Å²) in [6, 6.07) is 13.0. The van der Waals surface area contributed by atoms with Crippen molar-refractivity contribution in [1.82, 2.24) is 15.2 Å². The number of halogens is 2. The van der Waals surface area contributed by atoms with E-state index in [0.29, 0.717) is 6.04 Å². The van der Waals surface area contributed by atoms with Gasteiger partial charge in [-0.2, -0.15) is 0 Å². The Balaban J connectivity index is 0.00000132. The molecule has 0 unspecified atom stereocenters. The Bertz CT molecular complexity index is 639. The first-order valence-corrected chi connectivity index (χ1v) is 7.69. The molecule has 1 aliphatic heterocycles. The second-order valence-corrected chi connectivity index (χ2v) is 5.89. The van der Waals surface area contributed by atoms with Crippen molar-refractivity contribution in [3.63, 3.8) is 0 Å². The molecule has 0 spiro atoms. The van der Waals surface area contributed by atoms with Crippen LogP contribution in [0.25, 0.3) is 10.9 Å². The minimum absolute atomic E-state index is 0. The summed E-state index contributed by atoms with van der Waals surface area (Å²) < 4.78 is 0. The van der Waals surface area contributed by atoms with Gasteiger partial charge in [0.1, 0.15) is 0 Å². The van der Waals surface area contributed by atoms with Crippen LogP contribution in [0.1, 0.15) is 25.1 Å². The molecule has 1 fully saturated rings. The van der Waals surface area contributed by atoms with Crippen molar-refractivity contribution in [2.24, 2.45) is 0 Å². The molecule has 0 saturated carbocycles. The SMILES string of the molecule is C=C(C)C[C@@H](c1ccc2ccccc2n1)N1CCNCC1.Cl.Cl. The highest BCUT2D eigenvalue weighted by Crippen LogP contribution is 2.27. The third-order valence-corrected chi connectivity index (χ3v) is 4.10. The van der Waals surface area contributed by atoms with Crippen LogP contribution in [0.4, 0.5) is 0 Å². The summed E-state index contributed by atoms with van der Waals surface area (Å²) in [5.41, 5.74) is 3.46. The maximum absolute atomic E-state index is 4.90. The molecule has 5 heteroatoms. The zero-order chi connectivity index (χ0) is 14.7. The van der Waals surface area contributed by atoms with Crippen LogP contribution in [0.3, 0.4) is 0 Å². The molecule has 1 aliphatic rings. The molecule has 1 aromatic heterocycles. The van der Waals surface area contributed by atoms with E-state index in [9.17, 15) is 0 Å². The first kappa shape index (κ1) is 19.9. The highest BCUT2D eigenvalue weighted by molar-refractivity contribution is 5.85. The van der Waals surface area contributed by atoms with Crippen molar-refractivity contribution in [2.75, 3.05) is 26.2 Å². The molecular formula is C18H25Cl2N3. The summed E-state index contributed by atoms with van der Waals surface area (Å²) in [5.74, 6) is 0. The van der Waals surface area contributed by atoms with Crippen LogP contribution in [0.5, 0.6) is 0 Å². The number of hydrogen-bond acceptors (Lipinski definition) is 3. The number of benzene rings is 1.